The Morgan fingerprint density at radius 2 is 2.18 bits per heavy atom. The second kappa shape index (κ2) is 5.02. The normalized spacial score (nSPS) is 10.5. The highest BCUT2D eigenvalue weighted by atomic mass is 79.9. The predicted octanol–water partition coefficient (Wildman–Crippen LogP) is 4.26. The van der Waals surface area contributed by atoms with Crippen molar-refractivity contribution in [1.82, 2.24) is 0 Å². The van der Waals surface area contributed by atoms with Crippen LogP contribution in [0.15, 0.2) is 39.6 Å². The van der Waals surface area contributed by atoms with Crippen molar-refractivity contribution in [3.8, 4) is 0 Å². The van der Waals surface area contributed by atoms with E-state index in [1.54, 1.807) is 6.07 Å². The van der Waals surface area contributed by atoms with Crippen molar-refractivity contribution in [2.45, 2.75) is 6.42 Å². The number of carbonyl (C=O) groups excluding carboxylic acids is 1. The molecule has 0 bridgehead atoms. The number of benzene rings is 1. The van der Waals surface area contributed by atoms with Gasteiger partial charge in [0.2, 0.25) is 0 Å². The SMILES string of the molecule is O=C(Cc1ccc(F)cc1Cl)c1ccoc1Br. The minimum Gasteiger partial charge on any atom is -0.457 e. The lowest BCUT2D eigenvalue weighted by atomic mass is 10.1. The van der Waals surface area contributed by atoms with Crippen molar-refractivity contribution in [1.29, 1.82) is 0 Å². The van der Waals surface area contributed by atoms with Gasteiger partial charge in [0, 0.05) is 11.4 Å². The van der Waals surface area contributed by atoms with Crippen LogP contribution in [0.3, 0.4) is 0 Å². The van der Waals surface area contributed by atoms with E-state index in [-0.39, 0.29) is 17.2 Å². The molecule has 0 unspecified atom stereocenters. The highest BCUT2D eigenvalue weighted by Crippen LogP contribution is 2.23. The molecule has 1 aromatic carbocycles. The van der Waals surface area contributed by atoms with Crippen LogP contribution >= 0.6 is 27.5 Å². The second-order valence-corrected chi connectivity index (χ2v) is 4.57. The smallest absolute Gasteiger partial charge is 0.179 e. The van der Waals surface area contributed by atoms with Gasteiger partial charge in [-0.1, -0.05) is 17.7 Å². The van der Waals surface area contributed by atoms with Crippen molar-refractivity contribution < 1.29 is 13.6 Å². The Kier molecular flexibility index (Phi) is 3.64. The molecule has 0 fully saturated rings. The minimum atomic E-state index is -0.421. The number of ketones is 1. The fraction of sp³-hybridized carbons (Fsp3) is 0.0833. The molecule has 1 heterocycles. The molecular weight excluding hydrogens is 310 g/mol. The van der Waals surface area contributed by atoms with Gasteiger partial charge in [-0.25, -0.2) is 4.39 Å². The summed E-state index contributed by atoms with van der Waals surface area (Å²) in [5, 5.41) is 0.248. The number of furan rings is 1. The molecule has 0 radical (unpaired) electrons. The average Bonchev–Trinajstić information content (AvgIpc) is 2.68. The Hall–Kier alpha value is -1.13. The van der Waals surface area contributed by atoms with Crippen LogP contribution in [0.4, 0.5) is 4.39 Å². The third kappa shape index (κ3) is 2.76. The standard InChI is InChI=1S/C12H7BrClFO2/c13-12-9(3-4-17-12)11(16)5-7-1-2-8(15)6-10(7)14/h1-4,6H,5H2. The number of hydrogen-bond donors (Lipinski definition) is 0. The van der Waals surface area contributed by atoms with Crippen molar-refractivity contribution in [3.05, 3.63) is 57.2 Å². The summed E-state index contributed by atoms with van der Waals surface area (Å²) in [5.74, 6) is -0.560. The predicted molar refractivity (Wildman–Crippen MR) is 65.9 cm³/mol. The Balaban J connectivity index is 2.22. The molecular formula is C12H7BrClFO2. The quantitative estimate of drug-likeness (QED) is 0.792. The van der Waals surface area contributed by atoms with Gasteiger partial charge in [-0.15, -0.1) is 0 Å². The van der Waals surface area contributed by atoms with E-state index < -0.39 is 5.82 Å². The van der Waals surface area contributed by atoms with E-state index in [1.165, 1.54) is 24.5 Å². The van der Waals surface area contributed by atoms with Crippen molar-refractivity contribution in [3.63, 3.8) is 0 Å². The highest BCUT2D eigenvalue weighted by Gasteiger charge is 2.14. The minimum absolute atomic E-state index is 0.108. The van der Waals surface area contributed by atoms with Crippen LogP contribution in [0.25, 0.3) is 0 Å². The van der Waals surface area contributed by atoms with Crippen molar-refractivity contribution in [2.24, 2.45) is 0 Å². The third-order valence-corrected chi connectivity index (χ3v) is 3.25. The van der Waals surface area contributed by atoms with Gasteiger partial charge < -0.3 is 4.42 Å². The number of carbonyl (C=O) groups is 1. The maximum atomic E-state index is 12.8. The Morgan fingerprint density at radius 1 is 1.41 bits per heavy atom. The zero-order valence-electron chi connectivity index (χ0n) is 8.54. The molecule has 0 saturated carbocycles. The molecule has 2 rings (SSSR count). The maximum Gasteiger partial charge on any atom is 0.179 e. The molecule has 0 saturated heterocycles. The van der Waals surface area contributed by atoms with Gasteiger partial charge in [-0.2, -0.15) is 0 Å². The average molecular weight is 318 g/mol. The largest absolute Gasteiger partial charge is 0.457 e. The number of rotatable bonds is 3. The van der Waals surface area contributed by atoms with Crippen LogP contribution in [0.1, 0.15) is 15.9 Å². The van der Waals surface area contributed by atoms with Crippen LogP contribution in [-0.4, -0.2) is 5.78 Å². The lowest BCUT2D eigenvalue weighted by Gasteiger charge is -2.02. The van der Waals surface area contributed by atoms with Gasteiger partial charge in [0.15, 0.2) is 10.5 Å². The molecule has 0 N–H and O–H groups in total. The summed E-state index contributed by atoms with van der Waals surface area (Å²) in [6, 6.07) is 5.54. The topological polar surface area (TPSA) is 30.2 Å². The van der Waals surface area contributed by atoms with Gasteiger partial charge in [0.05, 0.1) is 11.8 Å². The second-order valence-electron chi connectivity index (χ2n) is 3.44. The summed E-state index contributed by atoms with van der Waals surface area (Å²) in [6.07, 6.45) is 1.53. The Morgan fingerprint density at radius 3 is 2.76 bits per heavy atom. The van der Waals surface area contributed by atoms with E-state index >= 15 is 0 Å². The van der Waals surface area contributed by atoms with E-state index in [2.05, 4.69) is 15.9 Å². The Bertz CT molecular complexity index is 565. The van der Waals surface area contributed by atoms with Gasteiger partial charge in [0.25, 0.3) is 0 Å². The maximum absolute atomic E-state index is 12.8. The number of hydrogen-bond acceptors (Lipinski definition) is 2. The molecule has 17 heavy (non-hydrogen) atoms. The van der Waals surface area contributed by atoms with Crippen LogP contribution in [0, 0.1) is 5.82 Å². The summed E-state index contributed by atoms with van der Waals surface area (Å²) < 4.78 is 18.2. The molecule has 2 aromatic rings. The summed E-state index contributed by atoms with van der Waals surface area (Å²) in [6.45, 7) is 0. The molecule has 0 aliphatic rings. The molecule has 1 aromatic heterocycles. The zero-order chi connectivity index (χ0) is 12.4. The summed E-state index contributed by atoms with van der Waals surface area (Å²) in [4.78, 5) is 11.9. The fourth-order valence-corrected chi connectivity index (χ4v) is 2.12. The fourth-order valence-electron chi connectivity index (χ4n) is 1.43. The van der Waals surface area contributed by atoms with E-state index in [9.17, 15) is 9.18 Å². The lowest BCUT2D eigenvalue weighted by molar-refractivity contribution is 0.0991. The highest BCUT2D eigenvalue weighted by molar-refractivity contribution is 9.10. The van der Waals surface area contributed by atoms with E-state index in [4.69, 9.17) is 16.0 Å². The van der Waals surface area contributed by atoms with Crippen LogP contribution in [0.2, 0.25) is 5.02 Å². The molecule has 5 heteroatoms. The first-order valence-electron chi connectivity index (χ1n) is 4.78. The van der Waals surface area contributed by atoms with E-state index in [0.717, 1.165) is 0 Å². The molecule has 0 aliphatic heterocycles. The molecule has 88 valence electrons. The molecule has 2 nitrogen and oxygen atoms in total. The van der Waals surface area contributed by atoms with Crippen molar-refractivity contribution in [2.75, 3.05) is 0 Å². The van der Waals surface area contributed by atoms with Gasteiger partial charge >= 0.3 is 0 Å². The van der Waals surface area contributed by atoms with Crippen LogP contribution < -0.4 is 0 Å². The lowest BCUT2D eigenvalue weighted by Crippen LogP contribution is -2.03. The first-order valence-corrected chi connectivity index (χ1v) is 5.95. The first kappa shape index (κ1) is 12.3. The molecule has 0 atom stereocenters. The number of halogens is 3. The summed E-state index contributed by atoms with van der Waals surface area (Å²) in [7, 11) is 0. The van der Waals surface area contributed by atoms with Gasteiger partial charge in [0.1, 0.15) is 5.82 Å². The van der Waals surface area contributed by atoms with Gasteiger partial charge in [-0.3, -0.25) is 4.79 Å². The molecule has 0 spiro atoms. The summed E-state index contributed by atoms with van der Waals surface area (Å²) in [5.41, 5.74) is 1.04. The van der Waals surface area contributed by atoms with Gasteiger partial charge in [-0.05, 0) is 39.7 Å². The van der Waals surface area contributed by atoms with E-state index in [0.29, 0.717) is 15.8 Å². The third-order valence-electron chi connectivity index (χ3n) is 2.28. The first-order chi connectivity index (χ1) is 8.08. The zero-order valence-corrected chi connectivity index (χ0v) is 10.9. The monoisotopic (exact) mass is 316 g/mol. The number of Topliss-reactive ketones (excluding diaryl/α,β-unsaturated/α-hetero) is 1. The summed E-state index contributed by atoms with van der Waals surface area (Å²) >= 11 is 8.98. The van der Waals surface area contributed by atoms with Crippen molar-refractivity contribution >= 4 is 33.3 Å². The molecule has 0 aliphatic carbocycles. The van der Waals surface area contributed by atoms with Crippen LogP contribution in [0.5, 0.6) is 0 Å². The molecule has 0 amide bonds. The van der Waals surface area contributed by atoms with E-state index in [1.807, 2.05) is 0 Å². The van der Waals surface area contributed by atoms with Crippen LogP contribution in [-0.2, 0) is 6.42 Å². The Labute approximate surface area is 111 Å².